The van der Waals surface area contributed by atoms with E-state index in [0.717, 1.165) is 50.6 Å². The molecule has 9 heteroatoms. The van der Waals surface area contributed by atoms with Gasteiger partial charge in [0.05, 0.1) is 5.25 Å². The zero-order valence-electron chi connectivity index (χ0n) is 18.4. The zero-order valence-corrected chi connectivity index (χ0v) is 19.2. The van der Waals surface area contributed by atoms with Crippen LogP contribution < -0.4 is 16.6 Å². The highest BCUT2D eigenvalue weighted by atomic mass is 32.2. The number of nitrogens with one attached hydrogen (secondary N) is 2. The normalized spacial score (nSPS) is 18.3. The lowest BCUT2D eigenvalue weighted by molar-refractivity contribution is -0.115. The number of H-pyrrole nitrogens is 1. The highest BCUT2D eigenvalue weighted by Crippen LogP contribution is 2.41. The summed E-state index contributed by atoms with van der Waals surface area (Å²) in [6, 6.07) is 6.16. The number of rotatable bonds is 6. The van der Waals surface area contributed by atoms with Crippen LogP contribution in [0, 0.1) is 0 Å². The molecule has 3 aliphatic carbocycles. The van der Waals surface area contributed by atoms with Crippen molar-refractivity contribution in [1.82, 2.24) is 19.5 Å². The van der Waals surface area contributed by atoms with Crippen molar-refractivity contribution in [1.29, 1.82) is 0 Å². The van der Waals surface area contributed by atoms with Gasteiger partial charge in [0.1, 0.15) is 16.2 Å². The Morgan fingerprint density at radius 2 is 1.94 bits per heavy atom. The molecule has 0 spiro atoms. The van der Waals surface area contributed by atoms with Gasteiger partial charge in [-0.15, -0.1) is 0 Å². The molecule has 2 saturated carbocycles. The molecule has 6 rings (SSSR count). The van der Waals surface area contributed by atoms with Crippen LogP contribution in [-0.4, -0.2) is 30.7 Å². The van der Waals surface area contributed by atoms with Crippen molar-refractivity contribution < 1.29 is 4.79 Å². The number of thioether (sulfide) groups is 1. The predicted molar refractivity (Wildman–Crippen MR) is 127 cm³/mol. The summed E-state index contributed by atoms with van der Waals surface area (Å²) in [6.45, 7) is 1.81. The predicted octanol–water partition coefficient (Wildman–Crippen LogP) is 3.30. The number of aryl methyl sites for hydroxylation is 2. The minimum Gasteiger partial charge on any atom is -0.325 e. The average molecular weight is 464 g/mol. The van der Waals surface area contributed by atoms with Gasteiger partial charge in [-0.1, -0.05) is 17.8 Å². The van der Waals surface area contributed by atoms with E-state index in [4.69, 9.17) is 0 Å². The smallest absolute Gasteiger partial charge is 0.325 e. The quantitative estimate of drug-likeness (QED) is 0.429. The summed E-state index contributed by atoms with van der Waals surface area (Å²) in [5.74, 6) is 0.770. The number of aromatic amines is 1. The van der Waals surface area contributed by atoms with Crippen LogP contribution in [0.1, 0.15) is 67.9 Å². The standard InChI is InChI=1S/C24H25N5O3S/c1-12(21(30)25-16-8-7-13-3-2-4-15(13)11-16)33-23-18-20(26-19(27-23)14-5-6-14)29(17-9-10-17)24(32)28-22(18)31/h7-8,11-12,14,17H,2-6,9-10H2,1H3,(H,25,30)(H,28,31,32). The van der Waals surface area contributed by atoms with E-state index in [1.165, 1.54) is 22.9 Å². The number of hydrogen-bond donors (Lipinski definition) is 2. The Morgan fingerprint density at radius 1 is 1.15 bits per heavy atom. The van der Waals surface area contributed by atoms with Crippen LogP contribution in [0.15, 0.2) is 32.8 Å². The van der Waals surface area contributed by atoms with Gasteiger partial charge in [-0.05, 0) is 75.1 Å². The summed E-state index contributed by atoms with van der Waals surface area (Å²) in [6.07, 6.45) is 7.09. The number of carbonyl (C=O) groups is 1. The Balaban J connectivity index is 1.33. The first-order chi connectivity index (χ1) is 16.0. The Hall–Kier alpha value is -2.94. The number of anilines is 1. The first kappa shape index (κ1) is 20.7. The number of nitrogens with zero attached hydrogens (tertiary/aromatic N) is 3. The second kappa shape index (κ2) is 7.83. The van der Waals surface area contributed by atoms with Gasteiger partial charge in [0, 0.05) is 17.6 Å². The summed E-state index contributed by atoms with van der Waals surface area (Å²) < 4.78 is 1.60. The van der Waals surface area contributed by atoms with Crippen molar-refractivity contribution in [2.45, 2.75) is 74.1 Å². The lowest BCUT2D eigenvalue weighted by Gasteiger charge is -2.15. The van der Waals surface area contributed by atoms with Crippen LogP contribution in [0.25, 0.3) is 11.0 Å². The average Bonchev–Trinajstić information content (AvgIpc) is 3.71. The Morgan fingerprint density at radius 3 is 2.70 bits per heavy atom. The molecule has 0 saturated heterocycles. The SMILES string of the molecule is CC(Sc1nc(C2CC2)nc2c1c(=O)[nH]c(=O)n2C1CC1)C(=O)Nc1ccc2c(c1)CCC2. The van der Waals surface area contributed by atoms with Gasteiger partial charge in [0.15, 0.2) is 5.65 Å². The van der Waals surface area contributed by atoms with Gasteiger partial charge in [-0.25, -0.2) is 14.8 Å². The Bertz CT molecular complexity index is 1400. The topological polar surface area (TPSA) is 110 Å². The van der Waals surface area contributed by atoms with E-state index in [1.807, 2.05) is 13.0 Å². The van der Waals surface area contributed by atoms with Gasteiger partial charge >= 0.3 is 5.69 Å². The summed E-state index contributed by atoms with van der Waals surface area (Å²) in [5, 5.41) is 3.29. The molecule has 2 aromatic heterocycles. The molecule has 3 aromatic rings. The molecule has 8 nitrogen and oxygen atoms in total. The van der Waals surface area contributed by atoms with Gasteiger partial charge in [-0.3, -0.25) is 19.1 Å². The van der Waals surface area contributed by atoms with E-state index in [9.17, 15) is 14.4 Å². The molecule has 1 unspecified atom stereocenters. The molecule has 0 aliphatic heterocycles. The van der Waals surface area contributed by atoms with Crippen LogP contribution in [0.5, 0.6) is 0 Å². The second-order valence-electron chi connectivity index (χ2n) is 9.31. The number of aromatic nitrogens is 4. The zero-order chi connectivity index (χ0) is 22.7. The third kappa shape index (κ3) is 3.88. The summed E-state index contributed by atoms with van der Waals surface area (Å²) >= 11 is 1.25. The van der Waals surface area contributed by atoms with Crippen LogP contribution >= 0.6 is 11.8 Å². The molecule has 0 bridgehead atoms. The number of fused-ring (bicyclic) bond motifs is 2. The third-order valence-electron chi connectivity index (χ3n) is 6.65. The summed E-state index contributed by atoms with van der Waals surface area (Å²) in [5.41, 5.74) is 2.93. The Kier molecular flexibility index (Phi) is 4.90. The summed E-state index contributed by atoms with van der Waals surface area (Å²) in [7, 11) is 0. The fraction of sp³-hybridized carbons (Fsp3) is 0.458. The monoisotopic (exact) mass is 463 g/mol. The fourth-order valence-electron chi connectivity index (χ4n) is 4.53. The molecule has 2 fully saturated rings. The van der Waals surface area contributed by atoms with E-state index in [-0.39, 0.29) is 17.9 Å². The third-order valence-corrected chi connectivity index (χ3v) is 7.73. The lowest BCUT2D eigenvalue weighted by Crippen LogP contribution is -2.31. The highest BCUT2D eigenvalue weighted by molar-refractivity contribution is 8.00. The van der Waals surface area contributed by atoms with Crippen LogP contribution in [0.4, 0.5) is 5.69 Å². The molecule has 2 heterocycles. The largest absolute Gasteiger partial charge is 0.330 e. The molecular formula is C24H25N5O3S. The molecule has 170 valence electrons. The molecule has 3 aliphatic rings. The van der Waals surface area contributed by atoms with Crippen molar-refractivity contribution in [2.75, 3.05) is 5.32 Å². The minimum atomic E-state index is -0.497. The second-order valence-corrected chi connectivity index (χ2v) is 10.6. The van der Waals surface area contributed by atoms with Crippen LogP contribution in [0.2, 0.25) is 0 Å². The summed E-state index contributed by atoms with van der Waals surface area (Å²) in [4.78, 5) is 50.1. The first-order valence-corrected chi connectivity index (χ1v) is 12.5. The molecule has 0 radical (unpaired) electrons. The van der Waals surface area contributed by atoms with Crippen molar-refractivity contribution >= 4 is 34.4 Å². The molecule has 1 amide bonds. The van der Waals surface area contributed by atoms with E-state index in [0.29, 0.717) is 21.9 Å². The molecule has 33 heavy (non-hydrogen) atoms. The van der Waals surface area contributed by atoms with E-state index in [1.54, 1.807) is 4.57 Å². The van der Waals surface area contributed by atoms with Gasteiger partial charge in [0.25, 0.3) is 5.56 Å². The fourth-order valence-corrected chi connectivity index (χ4v) is 5.48. The maximum absolute atomic E-state index is 13.0. The van der Waals surface area contributed by atoms with Crippen LogP contribution in [0.3, 0.4) is 0 Å². The van der Waals surface area contributed by atoms with E-state index < -0.39 is 16.5 Å². The maximum atomic E-state index is 13.0. The van der Waals surface area contributed by atoms with Gasteiger partial charge < -0.3 is 5.32 Å². The minimum absolute atomic E-state index is 0.0668. The Labute approximate surface area is 194 Å². The molecular weight excluding hydrogens is 438 g/mol. The number of hydrogen-bond acceptors (Lipinski definition) is 6. The maximum Gasteiger partial charge on any atom is 0.330 e. The number of amides is 1. The number of carbonyl (C=O) groups excluding carboxylic acids is 1. The van der Waals surface area contributed by atoms with Crippen molar-refractivity contribution in [3.63, 3.8) is 0 Å². The van der Waals surface area contributed by atoms with Crippen molar-refractivity contribution in [2.24, 2.45) is 0 Å². The van der Waals surface area contributed by atoms with Crippen molar-refractivity contribution in [3.8, 4) is 0 Å². The molecule has 1 atom stereocenters. The van der Waals surface area contributed by atoms with Gasteiger partial charge in [-0.2, -0.15) is 0 Å². The number of benzene rings is 1. The molecule has 2 N–H and O–H groups in total. The van der Waals surface area contributed by atoms with Crippen molar-refractivity contribution in [3.05, 3.63) is 56.0 Å². The van der Waals surface area contributed by atoms with E-state index in [2.05, 4.69) is 32.4 Å². The van der Waals surface area contributed by atoms with Crippen LogP contribution in [-0.2, 0) is 17.6 Å². The van der Waals surface area contributed by atoms with E-state index >= 15 is 0 Å². The first-order valence-electron chi connectivity index (χ1n) is 11.6. The van der Waals surface area contributed by atoms with Gasteiger partial charge in [0.2, 0.25) is 5.91 Å². The highest BCUT2D eigenvalue weighted by Gasteiger charge is 2.33. The molecule has 1 aromatic carbocycles. The lowest BCUT2D eigenvalue weighted by atomic mass is 10.1.